The maximum Gasteiger partial charge on any atom is 0.165 e. The molecule has 0 saturated heterocycles. The van der Waals surface area contributed by atoms with Gasteiger partial charge in [-0.2, -0.15) is 0 Å². The van der Waals surface area contributed by atoms with Crippen molar-refractivity contribution in [3.05, 3.63) is 29.6 Å². The molecule has 1 N–H and O–H groups in total. The van der Waals surface area contributed by atoms with Crippen LogP contribution < -0.4 is 4.74 Å². The largest absolute Gasteiger partial charge is 0.494 e. The fourth-order valence-electron chi connectivity index (χ4n) is 3.28. The Labute approximate surface area is 108 Å². The van der Waals surface area contributed by atoms with Gasteiger partial charge in [0.05, 0.1) is 12.7 Å². The molecule has 1 aromatic carbocycles. The van der Waals surface area contributed by atoms with E-state index in [4.69, 9.17) is 4.74 Å². The number of rotatable bonds is 2. The number of aliphatic hydroxyl groups is 1. The summed E-state index contributed by atoms with van der Waals surface area (Å²) in [5.41, 5.74) is -0.233. The maximum absolute atomic E-state index is 13.7. The Morgan fingerprint density at radius 3 is 2.39 bits per heavy atom. The molecule has 0 bridgehead atoms. The molecule has 0 heterocycles. The molecule has 1 aliphatic carbocycles. The molecular weight excluding hydrogens is 231 g/mol. The minimum absolute atomic E-state index is 0.222. The minimum atomic E-state index is -0.899. The average molecular weight is 252 g/mol. The van der Waals surface area contributed by atoms with Gasteiger partial charge < -0.3 is 9.84 Å². The third-order valence-electron chi connectivity index (χ3n) is 3.87. The highest BCUT2D eigenvalue weighted by Crippen LogP contribution is 2.43. The lowest BCUT2D eigenvalue weighted by Gasteiger charge is -2.39. The van der Waals surface area contributed by atoms with Gasteiger partial charge in [0.25, 0.3) is 0 Å². The number of hydrogen-bond acceptors (Lipinski definition) is 2. The van der Waals surface area contributed by atoms with E-state index in [1.165, 1.54) is 13.2 Å². The summed E-state index contributed by atoms with van der Waals surface area (Å²) in [6.07, 6.45) is 2.52. The maximum atomic E-state index is 13.7. The Kier molecular flexibility index (Phi) is 3.62. The van der Waals surface area contributed by atoms with Crippen LogP contribution in [0.1, 0.15) is 38.7 Å². The second-order valence-corrected chi connectivity index (χ2v) is 5.74. The van der Waals surface area contributed by atoms with Crippen molar-refractivity contribution in [2.45, 2.75) is 38.7 Å². The van der Waals surface area contributed by atoms with E-state index in [9.17, 15) is 9.50 Å². The van der Waals surface area contributed by atoms with Crippen LogP contribution in [0.25, 0.3) is 0 Å². The van der Waals surface area contributed by atoms with Crippen molar-refractivity contribution in [1.29, 1.82) is 0 Å². The monoisotopic (exact) mass is 252 g/mol. The highest BCUT2D eigenvalue weighted by molar-refractivity contribution is 5.33. The van der Waals surface area contributed by atoms with E-state index in [1.807, 2.05) is 0 Å². The van der Waals surface area contributed by atoms with Crippen LogP contribution in [-0.2, 0) is 5.60 Å². The van der Waals surface area contributed by atoms with Crippen molar-refractivity contribution in [2.75, 3.05) is 7.11 Å². The first kappa shape index (κ1) is 13.3. The van der Waals surface area contributed by atoms with Gasteiger partial charge >= 0.3 is 0 Å². The molecule has 3 heteroatoms. The van der Waals surface area contributed by atoms with Gasteiger partial charge in [-0.05, 0) is 48.8 Å². The molecule has 18 heavy (non-hydrogen) atoms. The molecule has 2 unspecified atom stereocenters. The molecule has 1 fully saturated rings. The molecule has 0 amide bonds. The molecule has 1 saturated carbocycles. The number of methoxy groups -OCH3 is 1. The van der Waals surface area contributed by atoms with Crippen molar-refractivity contribution >= 4 is 0 Å². The summed E-state index contributed by atoms with van der Waals surface area (Å²) in [4.78, 5) is 0. The Hall–Kier alpha value is -1.09. The van der Waals surface area contributed by atoms with E-state index < -0.39 is 11.4 Å². The van der Waals surface area contributed by atoms with Crippen LogP contribution in [0.3, 0.4) is 0 Å². The lowest BCUT2D eigenvalue weighted by Crippen LogP contribution is -2.35. The Bertz CT molecular complexity index is 421. The van der Waals surface area contributed by atoms with E-state index >= 15 is 0 Å². The second kappa shape index (κ2) is 4.88. The predicted octanol–water partition coefficient (Wildman–Crippen LogP) is 3.48. The highest BCUT2D eigenvalue weighted by Gasteiger charge is 2.37. The summed E-state index contributed by atoms with van der Waals surface area (Å²) in [5.74, 6) is 0.737. The lowest BCUT2D eigenvalue weighted by molar-refractivity contribution is -0.0365. The van der Waals surface area contributed by atoms with Crippen molar-refractivity contribution in [3.8, 4) is 5.75 Å². The lowest BCUT2D eigenvalue weighted by atomic mass is 9.71. The van der Waals surface area contributed by atoms with Crippen LogP contribution in [0.2, 0.25) is 0 Å². The van der Waals surface area contributed by atoms with Crippen LogP contribution in [0.15, 0.2) is 18.2 Å². The summed E-state index contributed by atoms with van der Waals surface area (Å²) in [7, 11) is 1.44. The van der Waals surface area contributed by atoms with Gasteiger partial charge in [0.1, 0.15) is 0 Å². The van der Waals surface area contributed by atoms with Gasteiger partial charge in [0, 0.05) is 0 Å². The van der Waals surface area contributed by atoms with Gasteiger partial charge in [-0.1, -0.05) is 19.9 Å². The smallest absolute Gasteiger partial charge is 0.165 e. The van der Waals surface area contributed by atoms with Crippen LogP contribution in [0.4, 0.5) is 4.39 Å². The number of halogens is 1. The molecule has 2 rings (SSSR count). The van der Waals surface area contributed by atoms with Gasteiger partial charge in [-0.3, -0.25) is 0 Å². The van der Waals surface area contributed by atoms with E-state index in [1.54, 1.807) is 12.1 Å². The highest BCUT2D eigenvalue weighted by atomic mass is 19.1. The zero-order valence-corrected chi connectivity index (χ0v) is 11.2. The standard InChI is InChI=1S/C15H21FO2/c1-10-6-11(2)9-15(17,8-10)12-4-5-14(18-3)13(16)7-12/h4-5,7,10-11,17H,6,8-9H2,1-3H3. The second-order valence-electron chi connectivity index (χ2n) is 5.74. The van der Waals surface area contributed by atoms with Gasteiger partial charge in [0.2, 0.25) is 0 Å². The van der Waals surface area contributed by atoms with Gasteiger partial charge in [-0.25, -0.2) is 4.39 Å². The summed E-state index contributed by atoms with van der Waals surface area (Å²) < 4.78 is 18.6. The van der Waals surface area contributed by atoms with Gasteiger partial charge in [-0.15, -0.1) is 0 Å². The molecular formula is C15H21FO2. The van der Waals surface area contributed by atoms with Crippen LogP contribution in [0, 0.1) is 17.7 Å². The van der Waals surface area contributed by atoms with Crippen LogP contribution in [0.5, 0.6) is 5.75 Å². The fraction of sp³-hybridized carbons (Fsp3) is 0.600. The topological polar surface area (TPSA) is 29.5 Å². The Balaban J connectivity index is 2.31. The Morgan fingerprint density at radius 1 is 1.28 bits per heavy atom. The fourth-order valence-corrected chi connectivity index (χ4v) is 3.28. The zero-order chi connectivity index (χ0) is 13.3. The predicted molar refractivity (Wildman–Crippen MR) is 69.0 cm³/mol. The quantitative estimate of drug-likeness (QED) is 0.873. The van der Waals surface area contributed by atoms with E-state index in [0.717, 1.165) is 6.42 Å². The molecule has 0 aromatic heterocycles. The third kappa shape index (κ3) is 2.51. The van der Waals surface area contributed by atoms with Gasteiger partial charge in [0.15, 0.2) is 11.6 Å². The normalized spacial score (nSPS) is 32.3. The first-order valence-corrected chi connectivity index (χ1v) is 6.51. The molecule has 0 aliphatic heterocycles. The molecule has 1 aliphatic rings. The van der Waals surface area contributed by atoms with Crippen molar-refractivity contribution in [1.82, 2.24) is 0 Å². The molecule has 1 aromatic rings. The molecule has 2 nitrogen and oxygen atoms in total. The minimum Gasteiger partial charge on any atom is -0.494 e. The summed E-state index contributed by atoms with van der Waals surface area (Å²) in [6.45, 7) is 4.28. The third-order valence-corrected chi connectivity index (χ3v) is 3.87. The van der Waals surface area contributed by atoms with Crippen molar-refractivity contribution < 1.29 is 14.2 Å². The average Bonchev–Trinajstić information content (AvgIpc) is 2.27. The summed E-state index contributed by atoms with van der Waals surface area (Å²) in [5, 5.41) is 10.8. The van der Waals surface area contributed by atoms with Crippen molar-refractivity contribution in [2.24, 2.45) is 11.8 Å². The molecule has 2 atom stereocenters. The van der Waals surface area contributed by atoms with E-state index in [2.05, 4.69) is 13.8 Å². The SMILES string of the molecule is COc1ccc(C2(O)CC(C)CC(C)C2)cc1F. The van der Waals surface area contributed by atoms with E-state index in [0.29, 0.717) is 30.2 Å². The summed E-state index contributed by atoms with van der Waals surface area (Å²) in [6, 6.07) is 4.77. The molecule has 100 valence electrons. The number of ether oxygens (including phenoxy) is 1. The molecule has 0 radical (unpaired) electrons. The van der Waals surface area contributed by atoms with Crippen molar-refractivity contribution in [3.63, 3.8) is 0 Å². The van der Waals surface area contributed by atoms with Crippen LogP contribution in [-0.4, -0.2) is 12.2 Å². The first-order valence-electron chi connectivity index (χ1n) is 6.51. The first-order chi connectivity index (χ1) is 8.44. The summed E-state index contributed by atoms with van der Waals surface area (Å²) >= 11 is 0. The Morgan fingerprint density at radius 2 is 1.89 bits per heavy atom. The molecule has 0 spiro atoms. The van der Waals surface area contributed by atoms with E-state index in [-0.39, 0.29) is 5.75 Å². The number of hydrogen-bond donors (Lipinski definition) is 1. The number of benzene rings is 1. The van der Waals surface area contributed by atoms with Crippen LogP contribution >= 0.6 is 0 Å². The zero-order valence-electron chi connectivity index (χ0n) is 11.2.